The van der Waals surface area contributed by atoms with Crippen molar-refractivity contribution < 1.29 is 39.3 Å². The smallest absolute Gasteiger partial charge is 0.286 e. The van der Waals surface area contributed by atoms with Crippen LogP contribution in [0.25, 0.3) is 0 Å². The third kappa shape index (κ3) is 13.0. The standard InChI is InChI=1S/C14H9F6P.C8H18O3S/c15-13(16,17)9-1-5-11(6-2-9)21-12-7-3-10(4-8-12)14(18,19)20;1-2-3-4-5-6-7-8-12(9,10)11/h1-8,21H;2-8H2,1H3,(H,9,10,11). The fraction of sp³-hybridized carbons (Fsp3) is 0.455. The highest BCUT2D eigenvalue weighted by Gasteiger charge is 2.30. The number of hydrogen-bond donors (Lipinski definition) is 1. The highest BCUT2D eigenvalue weighted by molar-refractivity contribution is 7.85. The summed E-state index contributed by atoms with van der Waals surface area (Å²) in [5.74, 6) is -0.0842. The van der Waals surface area contributed by atoms with E-state index in [9.17, 15) is 34.8 Å². The molecular weight excluding hydrogens is 489 g/mol. The molecule has 0 saturated heterocycles. The van der Waals surface area contributed by atoms with Crippen molar-refractivity contribution in [2.24, 2.45) is 0 Å². The van der Waals surface area contributed by atoms with E-state index < -0.39 is 33.6 Å². The van der Waals surface area contributed by atoms with E-state index in [2.05, 4.69) is 6.92 Å². The molecule has 2 aromatic carbocycles. The van der Waals surface area contributed by atoms with E-state index in [1.54, 1.807) is 0 Å². The van der Waals surface area contributed by atoms with Gasteiger partial charge in [-0.25, -0.2) is 0 Å². The minimum Gasteiger partial charge on any atom is -0.286 e. The Hall–Kier alpha value is -1.64. The SMILES string of the molecule is CCCCCCCCS(=O)(=O)O.FC(F)(F)c1ccc(Pc2ccc(C(F)(F)F)cc2)cc1. The van der Waals surface area contributed by atoms with Crippen molar-refractivity contribution in [2.75, 3.05) is 5.75 Å². The molecule has 0 radical (unpaired) electrons. The summed E-state index contributed by atoms with van der Waals surface area (Å²) in [7, 11) is -3.72. The van der Waals surface area contributed by atoms with E-state index in [0.29, 0.717) is 17.0 Å². The van der Waals surface area contributed by atoms with Gasteiger partial charge < -0.3 is 0 Å². The van der Waals surface area contributed by atoms with Gasteiger partial charge in [0, 0.05) is 0 Å². The summed E-state index contributed by atoms with van der Waals surface area (Å²) in [6.07, 6.45) is -2.65. The van der Waals surface area contributed by atoms with Gasteiger partial charge >= 0.3 is 12.4 Å². The number of hydrogen-bond acceptors (Lipinski definition) is 2. The second-order valence-corrected chi connectivity index (χ2v) is 10.3. The molecule has 186 valence electrons. The monoisotopic (exact) mass is 516 g/mol. The molecule has 1 N–H and O–H groups in total. The predicted molar refractivity (Wildman–Crippen MR) is 120 cm³/mol. The van der Waals surface area contributed by atoms with Crippen molar-refractivity contribution in [3.8, 4) is 0 Å². The molecular formula is C22H27F6O3PS. The topological polar surface area (TPSA) is 54.4 Å². The minimum absolute atomic E-state index is 0.00159. The average Bonchev–Trinajstić information content (AvgIpc) is 2.70. The van der Waals surface area contributed by atoms with Crippen molar-refractivity contribution in [3.05, 3.63) is 59.7 Å². The lowest BCUT2D eigenvalue weighted by Gasteiger charge is -2.09. The molecule has 0 atom stereocenters. The number of benzene rings is 2. The quantitative estimate of drug-likeness (QED) is 0.177. The van der Waals surface area contributed by atoms with Crippen LogP contribution < -0.4 is 10.6 Å². The van der Waals surface area contributed by atoms with Crippen molar-refractivity contribution in [2.45, 2.75) is 57.8 Å². The van der Waals surface area contributed by atoms with Crippen LogP contribution in [-0.4, -0.2) is 18.7 Å². The summed E-state index contributed by atoms with van der Waals surface area (Å²) >= 11 is 0. The molecule has 0 heterocycles. The van der Waals surface area contributed by atoms with E-state index in [1.165, 1.54) is 43.5 Å². The maximum atomic E-state index is 12.4. The largest absolute Gasteiger partial charge is 0.416 e. The van der Waals surface area contributed by atoms with E-state index in [4.69, 9.17) is 4.55 Å². The number of rotatable bonds is 9. The van der Waals surface area contributed by atoms with Crippen LogP contribution in [0.15, 0.2) is 48.5 Å². The summed E-state index contributed by atoms with van der Waals surface area (Å²) in [6, 6.07) is 9.19. The number of unbranched alkanes of at least 4 members (excludes halogenated alkanes) is 5. The second-order valence-electron chi connectivity index (χ2n) is 7.33. The van der Waals surface area contributed by atoms with Crippen LogP contribution in [0.3, 0.4) is 0 Å². The Balaban J connectivity index is 0.000000389. The molecule has 0 fully saturated rings. The fourth-order valence-electron chi connectivity index (χ4n) is 2.72. The first kappa shape index (κ1) is 29.4. The van der Waals surface area contributed by atoms with Crippen LogP contribution in [0.4, 0.5) is 26.3 Å². The Morgan fingerprint density at radius 1 is 0.697 bits per heavy atom. The Bertz CT molecular complexity index is 869. The number of halogens is 6. The molecule has 11 heteroatoms. The van der Waals surface area contributed by atoms with Crippen LogP contribution >= 0.6 is 8.58 Å². The zero-order valence-corrected chi connectivity index (χ0v) is 19.8. The van der Waals surface area contributed by atoms with Crippen LogP contribution in [0.1, 0.15) is 56.6 Å². The maximum absolute atomic E-state index is 12.4. The van der Waals surface area contributed by atoms with Gasteiger partial charge in [-0.05, 0) is 41.3 Å². The third-order valence-electron chi connectivity index (χ3n) is 4.47. The lowest BCUT2D eigenvalue weighted by atomic mass is 10.1. The van der Waals surface area contributed by atoms with Crippen molar-refractivity contribution in [1.29, 1.82) is 0 Å². The van der Waals surface area contributed by atoms with Crippen LogP contribution in [-0.2, 0) is 22.5 Å². The third-order valence-corrected chi connectivity index (χ3v) is 6.52. The second kappa shape index (κ2) is 13.3. The zero-order valence-electron chi connectivity index (χ0n) is 18.0. The number of alkyl halides is 6. The first-order valence-electron chi connectivity index (χ1n) is 10.3. The molecule has 0 amide bonds. The molecule has 0 spiro atoms. The van der Waals surface area contributed by atoms with Gasteiger partial charge in [0.05, 0.1) is 16.9 Å². The lowest BCUT2D eigenvalue weighted by molar-refractivity contribution is -0.138. The molecule has 0 saturated carbocycles. The molecule has 2 aromatic rings. The summed E-state index contributed by atoms with van der Waals surface area (Å²) < 4.78 is 103. The van der Waals surface area contributed by atoms with Crippen LogP contribution in [0.5, 0.6) is 0 Å². The molecule has 0 aliphatic heterocycles. The first-order valence-corrected chi connectivity index (χ1v) is 12.9. The van der Waals surface area contributed by atoms with Crippen molar-refractivity contribution in [1.82, 2.24) is 0 Å². The lowest BCUT2D eigenvalue weighted by Crippen LogP contribution is -2.09. The van der Waals surface area contributed by atoms with Gasteiger partial charge in [0.1, 0.15) is 0 Å². The Morgan fingerprint density at radius 2 is 1.06 bits per heavy atom. The maximum Gasteiger partial charge on any atom is 0.416 e. The minimum atomic E-state index is -4.39. The summed E-state index contributed by atoms with van der Waals surface area (Å²) in [6.45, 7) is 2.14. The highest BCUT2D eigenvalue weighted by atomic mass is 32.2. The van der Waals surface area contributed by atoms with Gasteiger partial charge in [0.25, 0.3) is 10.1 Å². The van der Waals surface area contributed by atoms with Gasteiger partial charge in [-0.15, -0.1) is 0 Å². The van der Waals surface area contributed by atoms with Crippen LogP contribution in [0.2, 0.25) is 0 Å². The summed E-state index contributed by atoms with van der Waals surface area (Å²) in [5.41, 5.74) is -1.49. The molecule has 2 rings (SSSR count). The van der Waals surface area contributed by atoms with Gasteiger partial charge in [-0.2, -0.15) is 34.8 Å². The molecule has 33 heavy (non-hydrogen) atoms. The van der Waals surface area contributed by atoms with Gasteiger partial charge in [0.2, 0.25) is 0 Å². The zero-order chi connectivity index (χ0) is 25.1. The summed E-state index contributed by atoms with van der Waals surface area (Å²) in [5, 5.41) is 1.26. The molecule has 3 nitrogen and oxygen atoms in total. The summed E-state index contributed by atoms with van der Waals surface area (Å²) in [4.78, 5) is 0. The Labute approximate surface area is 192 Å². The molecule has 0 aliphatic rings. The molecule has 0 bridgehead atoms. The predicted octanol–water partition coefficient (Wildman–Crippen LogP) is 6.59. The van der Waals surface area contributed by atoms with Gasteiger partial charge in [-0.1, -0.05) is 71.9 Å². The molecule has 0 unspecified atom stereocenters. The van der Waals surface area contributed by atoms with Gasteiger partial charge in [-0.3, -0.25) is 4.55 Å². The molecule has 0 aromatic heterocycles. The Kier molecular flexibility index (Phi) is 11.8. The normalized spacial score (nSPS) is 12.2. The van der Waals surface area contributed by atoms with E-state index in [1.807, 2.05) is 0 Å². The molecule has 0 aliphatic carbocycles. The van der Waals surface area contributed by atoms with E-state index in [0.717, 1.165) is 37.1 Å². The van der Waals surface area contributed by atoms with Crippen molar-refractivity contribution >= 4 is 29.3 Å². The van der Waals surface area contributed by atoms with E-state index >= 15 is 0 Å². The van der Waals surface area contributed by atoms with Crippen LogP contribution in [0, 0.1) is 0 Å². The average molecular weight is 516 g/mol. The fourth-order valence-corrected chi connectivity index (χ4v) is 4.29. The van der Waals surface area contributed by atoms with Crippen molar-refractivity contribution in [3.63, 3.8) is 0 Å². The Morgan fingerprint density at radius 3 is 1.39 bits per heavy atom. The highest BCUT2D eigenvalue weighted by Crippen LogP contribution is 2.30. The van der Waals surface area contributed by atoms with E-state index in [-0.39, 0.29) is 14.3 Å². The van der Waals surface area contributed by atoms with Gasteiger partial charge in [0.15, 0.2) is 0 Å². The first-order chi connectivity index (χ1) is 15.2.